The first-order valence-corrected chi connectivity index (χ1v) is 10.4. The van der Waals surface area contributed by atoms with Crippen molar-refractivity contribution in [3.8, 4) is 11.3 Å². The zero-order valence-corrected chi connectivity index (χ0v) is 16.8. The fourth-order valence-corrected chi connectivity index (χ4v) is 5.20. The quantitative estimate of drug-likeness (QED) is 0.419. The molecule has 0 radical (unpaired) electrons. The van der Waals surface area contributed by atoms with Crippen molar-refractivity contribution in [2.45, 2.75) is 19.3 Å². The number of aromatic nitrogens is 1. The van der Waals surface area contributed by atoms with Crippen LogP contribution in [0.4, 0.5) is 5.69 Å². The molecule has 2 aromatic carbocycles. The van der Waals surface area contributed by atoms with E-state index in [1.165, 1.54) is 16.9 Å². The van der Waals surface area contributed by atoms with Crippen LogP contribution in [-0.2, 0) is 12.8 Å². The van der Waals surface area contributed by atoms with Crippen LogP contribution in [0.1, 0.15) is 27.3 Å². The molecule has 0 saturated carbocycles. The van der Waals surface area contributed by atoms with Crippen molar-refractivity contribution in [3.63, 3.8) is 0 Å². The van der Waals surface area contributed by atoms with E-state index < -0.39 is 0 Å². The minimum Gasteiger partial charge on any atom is -0.356 e. The molecule has 1 aliphatic rings. The molecule has 4 aromatic rings. The Labute approximate surface area is 171 Å². The Bertz CT molecular complexity index is 1190. The lowest BCUT2D eigenvalue weighted by Crippen LogP contribution is -2.25. The molecule has 6 heteroatoms. The number of halogens is 1. The summed E-state index contributed by atoms with van der Waals surface area (Å²) >= 11 is 7.90. The van der Waals surface area contributed by atoms with Crippen LogP contribution in [0.15, 0.2) is 53.1 Å². The van der Waals surface area contributed by atoms with Crippen molar-refractivity contribution in [1.82, 2.24) is 5.16 Å². The Hall–Kier alpha value is -2.63. The second-order valence-electron chi connectivity index (χ2n) is 6.94. The maximum absolute atomic E-state index is 13.0. The molecule has 0 spiro atoms. The van der Waals surface area contributed by atoms with Crippen molar-refractivity contribution in [2.24, 2.45) is 0 Å². The molecule has 0 fully saturated rings. The summed E-state index contributed by atoms with van der Waals surface area (Å²) in [7, 11) is 1.77. The molecule has 1 aliphatic carbocycles. The van der Waals surface area contributed by atoms with Crippen LogP contribution < -0.4 is 4.90 Å². The normalized spacial score (nSPS) is 13.1. The van der Waals surface area contributed by atoms with Crippen molar-refractivity contribution in [2.75, 3.05) is 11.9 Å². The van der Waals surface area contributed by atoms with Crippen LogP contribution in [-0.4, -0.2) is 18.1 Å². The smallest absolute Gasteiger partial charge is 0.269 e. The number of hydrogen-bond acceptors (Lipinski definition) is 4. The lowest BCUT2D eigenvalue weighted by molar-refractivity contribution is 0.0997. The van der Waals surface area contributed by atoms with Gasteiger partial charge < -0.3 is 9.42 Å². The molecule has 0 N–H and O–H groups in total. The maximum atomic E-state index is 13.0. The highest BCUT2D eigenvalue weighted by molar-refractivity contribution is 7.21. The monoisotopic (exact) mass is 408 g/mol. The van der Waals surface area contributed by atoms with Gasteiger partial charge in [-0.1, -0.05) is 35.0 Å². The minimum atomic E-state index is -0.112. The van der Waals surface area contributed by atoms with Crippen molar-refractivity contribution in [3.05, 3.63) is 69.7 Å². The summed E-state index contributed by atoms with van der Waals surface area (Å²) in [6, 6.07) is 15.6. The number of carbonyl (C=O) groups excluding carboxylic acids is 1. The van der Waals surface area contributed by atoms with E-state index in [1.54, 1.807) is 11.9 Å². The Morgan fingerprint density at radius 1 is 1.14 bits per heavy atom. The predicted molar refractivity (Wildman–Crippen MR) is 114 cm³/mol. The molecule has 5 rings (SSSR count). The van der Waals surface area contributed by atoms with Crippen LogP contribution >= 0.6 is 22.9 Å². The topological polar surface area (TPSA) is 46.3 Å². The number of benzene rings is 2. The Kier molecular flexibility index (Phi) is 4.22. The Morgan fingerprint density at radius 3 is 2.71 bits per heavy atom. The van der Waals surface area contributed by atoms with E-state index in [-0.39, 0.29) is 5.91 Å². The average Bonchev–Trinajstić information content (AvgIpc) is 3.42. The fraction of sp³-hybridized carbons (Fsp3) is 0.182. The number of fused-ring (bicyclic) bond motifs is 2. The maximum Gasteiger partial charge on any atom is 0.269 e. The van der Waals surface area contributed by atoms with Gasteiger partial charge in [-0.3, -0.25) is 4.79 Å². The fourth-order valence-electron chi connectivity index (χ4n) is 3.71. The lowest BCUT2D eigenvalue weighted by Gasteiger charge is -2.17. The highest BCUT2D eigenvalue weighted by atomic mass is 35.5. The number of nitrogens with zero attached hydrogens (tertiary/aromatic N) is 2. The summed E-state index contributed by atoms with van der Waals surface area (Å²) in [4.78, 5) is 15.2. The highest BCUT2D eigenvalue weighted by Crippen LogP contribution is 2.37. The minimum absolute atomic E-state index is 0.112. The Morgan fingerprint density at radius 2 is 1.93 bits per heavy atom. The average molecular weight is 409 g/mol. The van der Waals surface area contributed by atoms with Gasteiger partial charge in [0, 0.05) is 33.9 Å². The predicted octanol–water partition coefficient (Wildman–Crippen LogP) is 5.98. The van der Waals surface area contributed by atoms with Crippen LogP contribution in [0.5, 0.6) is 0 Å². The molecule has 2 aromatic heterocycles. The summed E-state index contributed by atoms with van der Waals surface area (Å²) in [5.74, 6) is 0.736. The van der Waals surface area contributed by atoms with E-state index in [9.17, 15) is 4.79 Å². The standard InChI is InChI=1S/C22H17ClN2O2S/c1-25(22(26)21-19(23)16-5-2-3-8-18(16)28-21)14-11-9-13(10-12-14)20-15-6-4-7-17(15)24-27-20/h2-3,5,8-12H,4,6-7H2,1H3. The number of amides is 1. The van der Waals surface area contributed by atoms with Crippen LogP contribution in [0.25, 0.3) is 21.4 Å². The third-order valence-electron chi connectivity index (χ3n) is 5.26. The van der Waals surface area contributed by atoms with Gasteiger partial charge in [-0.15, -0.1) is 11.3 Å². The van der Waals surface area contributed by atoms with Gasteiger partial charge in [-0.2, -0.15) is 0 Å². The molecule has 4 nitrogen and oxygen atoms in total. The van der Waals surface area contributed by atoms with Crippen molar-refractivity contribution in [1.29, 1.82) is 0 Å². The van der Waals surface area contributed by atoms with Crippen LogP contribution in [0.2, 0.25) is 5.02 Å². The van der Waals surface area contributed by atoms with Gasteiger partial charge in [0.15, 0.2) is 5.76 Å². The molecule has 0 aliphatic heterocycles. The van der Waals surface area contributed by atoms with Crippen molar-refractivity contribution >= 4 is 44.6 Å². The second-order valence-corrected chi connectivity index (χ2v) is 8.37. The van der Waals surface area contributed by atoms with Gasteiger partial charge in [-0.05, 0) is 49.6 Å². The van der Waals surface area contributed by atoms with E-state index in [0.717, 1.165) is 52.1 Å². The van der Waals surface area contributed by atoms with Gasteiger partial charge >= 0.3 is 0 Å². The number of thiophene rings is 1. The molecule has 140 valence electrons. The zero-order valence-electron chi connectivity index (χ0n) is 15.2. The summed E-state index contributed by atoms with van der Waals surface area (Å²) in [6.07, 6.45) is 3.13. The molecular formula is C22H17ClN2O2S. The molecule has 0 atom stereocenters. The lowest BCUT2D eigenvalue weighted by atomic mass is 10.1. The van der Waals surface area contributed by atoms with E-state index in [4.69, 9.17) is 16.1 Å². The van der Waals surface area contributed by atoms with Gasteiger partial charge in [0.25, 0.3) is 5.91 Å². The second kappa shape index (κ2) is 6.76. The zero-order chi connectivity index (χ0) is 19.3. The SMILES string of the molecule is CN(C(=O)c1sc2ccccc2c1Cl)c1ccc(-c2onc3c2CCC3)cc1. The van der Waals surface area contributed by atoms with Gasteiger partial charge in [0.2, 0.25) is 0 Å². The van der Waals surface area contributed by atoms with E-state index in [2.05, 4.69) is 5.16 Å². The number of hydrogen-bond donors (Lipinski definition) is 0. The first kappa shape index (κ1) is 17.5. The van der Waals surface area contributed by atoms with Crippen LogP contribution in [0.3, 0.4) is 0 Å². The number of carbonyl (C=O) groups is 1. The molecule has 28 heavy (non-hydrogen) atoms. The third kappa shape index (κ3) is 2.74. The molecule has 2 heterocycles. The number of anilines is 1. The molecule has 0 bridgehead atoms. The number of aryl methyl sites for hydroxylation is 1. The summed E-state index contributed by atoms with van der Waals surface area (Å²) in [5, 5.41) is 5.61. The van der Waals surface area contributed by atoms with E-state index >= 15 is 0 Å². The third-order valence-corrected chi connectivity index (χ3v) is 6.92. The molecule has 1 amide bonds. The van der Waals surface area contributed by atoms with Gasteiger partial charge in [-0.25, -0.2) is 0 Å². The van der Waals surface area contributed by atoms with E-state index in [1.807, 2.05) is 48.5 Å². The summed E-state index contributed by atoms with van der Waals surface area (Å²) in [6.45, 7) is 0. The van der Waals surface area contributed by atoms with Gasteiger partial charge in [0.05, 0.1) is 10.7 Å². The largest absolute Gasteiger partial charge is 0.356 e. The Balaban J connectivity index is 1.44. The van der Waals surface area contributed by atoms with E-state index in [0.29, 0.717) is 9.90 Å². The van der Waals surface area contributed by atoms with Crippen molar-refractivity contribution < 1.29 is 9.32 Å². The summed E-state index contributed by atoms with van der Waals surface area (Å²) < 4.78 is 6.56. The summed E-state index contributed by atoms with van der Waals surface area (Å²) in [5.41, 5.74) is 4.08. The van der Waals surface area contributed by atoms with Crippen LogP contribution in [0, 0.1) is 0 Å². The molecule has 0 saturated heterocycles. The first-order valence-electron chi connectivity index (χ1n) is 9.16. The highest BCUT2D eigenvalue weighted by Gasteiger charge is 2.23. The molecule has 0 unspecified atom stereocenters. The number of rotatable bonds is 3. The first-order chi connectivity index (χ1) is 13.6. The molecular weight excluding hydrogens is 392 g/mol. The van der Waals surface area contributed by atoms with Gasteiger partial charge in [0.1, 0.15) is 4.88 Å².